The molecule has 0 radical (unpaired) electrons. The van der Waals surface area contributed by atoms with Gasteiger partial charge in [0.1, 0.15) is 16.5 Å². The fraction of sp³-hybridized carbons (Fsp3) is 0.348. The number of ether oxygens (including phenoxy) is 3. The van der Waals surface area contributed by atoms with Crippen LogP contribution in [0.2, 0.25) is 0 Å². The maximum Gasteiger partial charge on any atom is 0.185 e. The average Bonchev–Trinajstić information content (AvgIpc) is 3.23. The number of hydrogen-bond acceptors (Lipinski definition) is 7. The second kappa shape index (κ2) is 10.7. The summed E-state index contributed by atoms with van der Waals surface area (Å²) in [5.41, 5.74) is 2.22. The van der Waals surface area contributed by atoms with E-state index in [1.165, 1.54) is 0 Å². The quantitative estimate of drug-likeness (QED) is 0.392. The molecule has 1 aromatic carbocycles. The Labute approximate surface area is 180 Å². The molecule has 0 N–H and O–H groups in total. The van der Waals surface area contributed by atoms with Crippen LogP contribution in [-0.2, 0) is 6.42 Å². The number of hydrogen-bond donors (Lipinski definition) is 0. The second-order valence-electron chi connectivity index (χ2n) is 6.38. The predicted octanol–water partition coefficient (Wildman–Crippen LogP) is 5.22. The Morgan fingerprint density at radius 3 is 2.47 bits per heavy atom. The number of thiazole rings is 1. The lowest BCUT2D eigenvalue weighted by atomic mass is 10.1. The Kier molecular flexibility index (Phi) is 7.79. The van der Waals surface area contributed by atoms with Gasteiger partial charge in [0.05, 0.1) is 25.5 Å². The second-order valence-corrected chi connectivity index (χ2v) is 7.24. The molecule has 0 spiro atoms. The molecule has 0 saturated carbocycles. The van der Waals surface area contributed by atoms with Gasteiger partial charge in [0, 0.05) is 23.6 Å². The first-order valence-electron chi connectivity index (χ1n) is 10.1. The molecule has 2 heterocycles. The van der Waals surface area contributed by atoms with E-state index in [0.717, 1.165) is 22.0 Å². The van der Waals surface area contributed by atoms with E-state index in [2.05, 4.69) is 4.98 Å². The van der Waals surface area contributed by atoms with Gasteiger partial charge in [-0.3, -0.25) is 4.79 Å². The Morgan fingerprint density at radius 1 is 0.967 bits per heavy atom. The van der Waals surface area contributed by atoms with Crippen molar-refractivity contribution < 1.29 is 19.0 Å². The number of pyridine rings is 1. The van der Waals surface area contributed by atoms with Gasteiger partial charge in [-0.15, -0.1) is 11.3 Å². The summed E-state index contributed by atoms with van der Waals surface area (Å²) in [6, 6.07) is 9.37. The fourth-order valence-corrected chi connectivity index (χ4v) is 3.82. The minimum Gasteiger partial charge on any atom is -0.491 e. The van der Waals surface area contributed by atoms with E-state index in [9.17, 15) is 4.79 Å². The molecule has 0 aliphatic carbocycles. The SMILES string of the molecule is CCOc1ccc(-c2nc(CCC(=O)c3ncccc3OCC)cs2)cc1OCC. The van der Waals surface area contributed by atoms with Gasteiger partial charge >= 0.3 is 0 Å². The normalized spacial score (nSPS) is 10.6. The van der Waals surface area contributed by atoms with E-state index in [-0.39, 0.29) is 5.78 Å². The largest absolute Gasteiger partial charge is 0.491 e. The number of carbonyl (C=O) groups is 1. The van der Waals surface area contributed by atoms with Crippen molar-refractivity contribution in [2.75, 3.05) is 19.8 Å². The number of nitrogens with zero attached hydrogens (tertiary/aromatic N) is 2. The third kappa shape index (κ3) is 5.36. The van der Waals surface area contributed by atoms with E-state index in [1.807, 2.05) is 44.4 Å². The molecule has 0 bridgehead atoms. The molecule has 30 heavy (non-hydrogen) atoms. The summed E-state index contributed by atoms with van der Waals surface area (Å²) in [5.74, 6) is 1.92. The lowest BCUT2D eigenvalue weighted by Gasteiger charge is -2.11. The number of benzene rings is 1. The monoisotopic (exact) mass is 426 g/mol. The van der Waals surface area contributed by atoms with Crippen molar-refractivity contribution in [2.24, 2.45) is 0 Å². The molecule has 0 fully saturated rings. The standard InChI is InChI=1S/C23H26N2O4S/c1-4-27-19-12-9-16(14-21(19)29-6-3)23-25-17(15-30-23)10-11-18(26)22-20(28-5-2)8-7-13-24-22/h7-9,12-15H,4-6,10-11H2,1-3H3. The third-order valence-electron chi connectivity index (χ3n) is 4.28. The van der Waals surface area contributed by atoms with Gasteiger partial charge in [-0.1, -0.05) is 0 Å². The number of aryl methyl sites for hydroxylation is 1. The van der Waals surface area contributed by atoms with Gasteiger partial charge in [-0.2, -0.15) is 0 Å². The third-order valence-corrected chi connectivity index (χ3v) is 5.23. The van der Waals surface area contributed by atoms with Crippen LogP contribution in [0.5, 0.6) is 17.2 Å². The minimum atomic E-state index is -0.0479. The van der Waals surface area contributed by atoms with Gasteiger partial charge in [-0.05, 0) is 57.5 Å². The molecule has 6 nitrogen and oxygen atoms in total. The van der Waals surface area contributed by atoms with Gasteiger partial charge in [0.25, 0.3) is 0 Å². The summed E-state index contributed by atoms with van der Waals surface area (Å²) in [4.78, 5) is 21.5. The first-order valence-corrected chi connectivity index (χ1v) is 11.0. The highest BCUT2D eigenvalue weighted by atomic mass is 32.1. The lowest BCUT2D eigenvalue weighted by Crippen LogP contribution is -2.07. The van der Waals surface area contributed by atoms with Crippen LogP contribution in [0.4, 0.5) is 0 Å². The van der Waals surface area contributed by atoms with Crippen LogP contribution in [0.25, 0.3) is 10.6 Å². The first-order chi connectivity index (χ1) is 14.7. The highest BCUT2D eigenvalue weighted by molar-refractivity contribution is 7.13. The summed E-state index contributed by atoms with van der Waals surface area (Å²) < 4.78 is 16.8. The van der Waals surface area contributed by atoms with Crippen molar-refractivity contribution in [3.63, 3.8) is 0 Å². The molecule has 3 rings (SSSR count). The molecular weight excluding hydrogens is 400 g/mol. The first kappa shape index (κ1) is 21.8. The minimum absolute atomic E-state index is 0.0479. The van der Waals surface area contributed by atoms with Crippen molar-refractivity contribution in [1.82, 2.24) is 9.97 Å². The topological polar surface area (TPSA) is 70.5 Å². The van der Waals surface area contributed by atoms with Crippen LogP contribution in [-0.4, -0.2) is 35.6 Å². The van der Waals surface area contributed by atoms with Crippen molar-refractivity contribution in [3.05, 3.63) is 53.3 Å². The number of carbonyl (C=O) groups excluding carboxylic acids is 1. The van der Waals surface area contributed by atoms with Gasteiger partial charge in [0.2, 0.25) is 0 Å². The highest BCUT2D eigenvalue weighted by Gasteiger charge is 2.15. The molecule has 0 saturated heterocycles. The van der Waals surface area contributed by atoms with Crippen molar-refractivity contribution in [3.8, 4) is 27.8 Å². The average molecular weight is 427 g/mol. The van der Waals surface area contributed by atoms with Crippen LogP contribution >= 0.6 is 11.3 Å². The fourth-order valence-electron chi connectivity index (χ4n) is 2.97. The van der Waals surface area contributed by atoms with Gasteiger partial charge < -0.3 is 14.2 Å². The number of rotatable bonds is 11. The summed E-state index contributed by atoms with van der Waals surface area (Å²) in [6.45, 7) is 7.41. The van der Waals surface area contributed by atoms with E-state index in [4.69, 9.17) is 19.2 Å². The smallest absolute Gasteiger partial charge is 0.185 e. The molecule has 7 heteroatoms. The van der Waals surface area contributed by atoms with Gasteiger partial charge in [0.15, 0.2) is 17.3 Å². The zero-order valence-electron chi connectivity index (χ0n) is 17.5. The Morgan fingerprint density at radius 2 is 1.70 bits per heavy atom. The zero-order chi connectivity index (χ0) is 21.3. The van der Waals surface area contributed by atoms with E-state index >= 15 is 0 Å². The van der Waals surface area contributed by atoms with E-state index < -0.39 is 0 Å². The van der Waals surface area contributed by atoms with Crippen LogP contribution in [0.15, 0.2) is 41.9 Å². The molecule has 2 aromatic heterocycles. The summed E-state index contributed by atoms with van der Waals surface area (Å²) in [7, 11) is 0. The van der Waals surface area contributed by atoms with Crippen LogP contribution in [0.1, 0.15) is 43.4 Å². The molecule has 0 aliphatic rings. The molecule has 0 unspecified atom stereocenters. The van der Waals surface area contributed by atoms with Crippen LogP contribution in [0.3, 0.4) is 0 Å². The molecule has 0 aliphatic heterocycles. The molecule has 0 amide bonds. The van der Waals surface area contributed by atoms with Crippen molar-refractivity contribution in [1.29, 1.82) is 0 Å². The van der Waals surface area contributed by atoms with Crippen LogP contribution in [0, 0.1) is 0 Å². The Hall–Kier alpha value is -2.93. The summed E-state index contributed by atoms with van der Waals surface area (Å²) >= 11 is 1.55. The maximum atomic E-state index is 12.6. The van der Waals surface area contributed by atoms with Crippen molar-refractivity contribution in [2.45, 2.75) is 33.6 Å². The highest BCUT2D eigenvalue weighted by Crippen LogP contribution is 2.34. The van der Waals surface area contributed by atoms with Crippen LogP contribution < -0.4 is 14.2 Å². The lowest BCUT2D eigenvalue weighted by molar-refractivity contribution is 0.0973. The zero-order valence-corrected chi connectivity index (χ0v) is 18.3. The Bertz CT molecular complexity index is 987. The molecule has 0 atom stereocenters. The molecule has 3 aromatic rings. The van der Waals surface area contributed by atoms with Crippen molar-refractivity contribution >= 4 is 17.1 Å². The van der Waals surface area contributed by atoms with E-state index in [0.29, 0.717) is 49.9 Å². The number of Topliss-reactive ketones (excluding diaryl/α,β-unsaturated/α-hetero) is 1. The molecular formula is C23H26N2O4S. The number of ketones is 1. The van der Waals surface area contributed by atoms with E-state index in [1.54, 1.807) is 29.7 Å². The summed E-state index contributed by atoms with van der Waals surface area (Å²) in [6.07, 6.45) is 2.49. The molecule has 158 valence electrons. The predicted molar refractivity (Wildman–Crippen MR) is 118 cm³/mol. The maximum absolute atomic E-state index is 12.6. The Balaban J connectivity index is 1.70. The summed E-state index contributed by atoms with van der Waals surface area (Å²) in [5, 5.41) is 2.87. The van der Waals surface area contributed by atoms with Gasteiger partial charge in [-0.25, -0.2) is 9.97 Å². The number of aromatic nitrogens is 2.